The Bertz CT molecular complexity index is 538. The van der Waals surface area contributed by atoms with E-state index in [1.165, 1.54) is 0 Å². The van der Waals surface area contributed by atoms with Gasteiger partial charge in [0.05, 0.1) is 0 Å². The minimum absolute atomic E-state index is 0.0221. The molecule has 0 fully saturated rings. The fourth-order valence-electron chi connectivity index (χ4n) is 2.88. The predicted octanol–water partition coefficient (Wildman–Crippen LogP) is 1.23. The smallest absolute Gasteiger partial charge is 0.251 e. The van der Waals surface area contributed by atoms with Gasteiger partial charge in [-0.15, -0.1) is 0 Å². The summed E-state index contributed by atoms with van der Waals surface area (Å²) in [5.41, 5.74) is 1.33. The second kappa shape index (κ2) is 11.7. The van der Waals surface area contributed by atoms with Crippen LogP contribution in [0.5, 0.6) is 0 Å². The molecule has 0 radical (unpaired) electrons. The molecule has 0 aliphatic carbocycles. The van der Waals surface area contributed by atoms with E-state index in [2.05, 4.69) is 26.0 Å². The number of benzene rings is 1. The lowest BCUT2D eigenvalue weighted by Gasteiger charge is -2.27. The molecule has 1 rings (SSSR count). The van der Waals surface area contributed by atoms with Gasteiger partial charge >= 0.3 is 0 Å². The summed E-state index contributed by atoms with van der Waals surface area (Å²) in [6, 6.07) is 6.69. The van der Waals surface area contributed by atoms with Crippen LogP contribution in [0.2, 0.25) is 0 Å². The Kier molecular flexibility index (Phi) is 9.91. The van der Waals surface area contributed by atoms with Crippen LogP contribution in [0.3, 0.4) is 0 Å². The standard InChI is InChI=1S/C18H31N5O2/c1-5-21-18(24)15-8-6-7-14(11-15)17(22-25)16(12-20-3)13-23(4)10-9-19-2/h6-8,11,16-17,19-20H,5,9-10,12-13H2,1-4H3,(H,21,24). The summed E-state index contributed by atoms with van der Waals surface area (Å²) >= 11 is 0. The normalized spacial score (nSPS) is 13.5. The van der Waals surface area contributed by atoms with Crippen molar-refractivity contribution in [3.63, 3.8) is 0 Å². The molecule has 0 saturated carbocycles. The molecule has 7 heteroatoms. The van der Waals surface area contributed by atoms with Crippen molar-refractivity contribution in [3.05, 3.63) is 40.3 Å². The second-order valence-corrected chi connectivity index (χ2v) is 6.22. The summed E-state index contributed by atoms with van der Waals surface area (Å²) in [7, 11) is 5.82. The van der Waals surface area contributed by atoms with Crippen molar-refractivity contribution in [2.75, 3.05) is 53.9 Å². The zero-order valence-electron chi connectivity index (χ0n) is 15.7. The highest BCUT2D eigenvalue weighted by atomic mass is 16.3. The van der Waals surface area contributed by atoms with Gasteiger partial charge in [0.2, 0.25) is 0 Å². The molecule has 0 aliphatic rings. The molecule has 140 valence electrons. The topological polar surface area (TPSA) is 85.8 Å². The molecule has 1 amide bonds. The van der Waals surface area contributed by atoms with Crippen LogP contribution in [-0.4, -0.2) is 64.7 Å². The molecule has 0 aromatic heterocycles. The van der Waals surface area contributed by atoms with Gasteiger partial charge in [0.25, 0.3) is 5.91 Å². The third-order valence-corrected chi connectivity index (χ3v) is 4.14. The Morgan fingerprint density at radius 3 is 2.64 bits per heavy atom. The number of nitrogens with zero attached hydrogens (tertiary/aromatic N) is 2. The number of carbonyl (C=O) groups is 1. The maximum atomic E-state index is 12.1. The van der Waals surface area contributed by atoms with Gasteiger partial charge in [0, 0.05) is 44.2 Å². The second-order valence-electron chi connectivity index (χ2n) is 6.22. The molecule has 0 saturated heterocycles. The van der Waals surface area contributed by atoms with Gasteiger partial charge < -0.3 is 20.9 Å². The fraction of sp³-hybridized carbons (Fsp3) is 0.611. The van der Waals surface area contributed by atoms with Crippen LogP contribution in [0.15, 0.2) is 29.4 Å². The number of hydrogen-bond donors (Lipinski definition) is 3. The highest BCUT2D eigenvalue weighted by molar-refractivity contribution is 5.94. The van der Waals surface area contributed by atoms with Crippen LogP contribution in [0.4, 0.5) is 0 Å². The van der Waals surface area contributed by atoms with Gasteiger partial charge in [-0.2, -0.15) is 4.91 Å². The first kappa shape index (κ1) is 21.2. The summed E-state index contributed by atoms with van der Waals surface area (Å²) in [5, 5.41) is 12.4. The maximum absolute atomic E-state index is 12.1. The van der Waals surface area contributed by atoms with Crippen LogP contribution in [-0.2, 0) is 0 Å². The Labute approximate surface area is 150 Å². The van der Waals surface area contributed by atoms with Crippen LogP contribution < -0.4 is 16.0 Å². The molecule has 2 unspecified atom stereocenters. The van der Waals surface area contributed by atoms with Crippen molar-refractivity contribution in [1.82, 2.24) is 20.9 Å². The number of amides is 1. The molecule has 0 bridgehead atoms. The van der Waals surface area contributed by atoms with Gasteiger partial charge in [-0.05, 0) is 45.8 Å². The Balaban J connectivity index is 2.96. The van der Waals surface area contributed by atoms with E-state index < -0.39 is 6.04 Å². The Morgan fingerprint density at radius 2 is 2.04 bits per heavy atom. The molecule has 0 aliphatic heterocycles. The molecule has 2 atom stereocenters. The average Bonchev–Trinajstić information content (AvgIpc) is 2.61. The van der Waals surface area contributed by atoms with Gasteiger partial charge in [-0.25, -0.2) is 0 Å². The van der Waals surface area contributed by atoms with Crippen molar-refractivity contribution in [1.29, 1.82) is 0 Å². The molecule has 25 heavy (non-hydrogen) atoms. The van der Waals surface area contributed by atoms with Gasteiger partial charge in [-0.1, -0.05) is 17.3 Å². The van der Waals surface area contributed by atoms with Crippen molar-refractivity contribution in [3.8, 4) is 0 Å². The minimum atomic E-state index is -0.501. The number of likely N-dealkylation sites (N-methyl/N-ethyl adjacent to an activating group) is 2. The highest BCUT2D eigenvalue weighted by Gasteiger charge is 2.25. The van der Waals surface area contributed by atoms with Crippen molar-refractivity contribution < 1.29 is 4.79 Å². The summed E-state index contributed by atoms with van der Waals surface area (Å²) in [6.07, 6.45) is 0. The first-order chi connectivity index (χ1) is 12.1. The van der Waals surface area contributed by atoms with E-state index in [-0.39, 0.29) is 11.8 Å². The molecular formula is C18H31N5O2. The largest absolute Gasteiger partial charge is 0.352 e. The fourth-order valence-corrected chi connectivity index (χ4v) is 2.88. The maximum Gasteiger partial charge on any atom is 0.251 e. The van der Waals surface area contributed by atoms with Crippen LogP contribution >= 0.6 is 0 Å². The number of rotatable bonds is 12. The lowest BCUT2D eigenvalue weighted by Crippen LogP contribution is -2.37. The molecule has 1 aromatic carbocycles. The Morgan fingerprint density at radius 1 is 1.28 bits per heavy atom. The van der Waals surface area contributed by atoms with Crippen molar-refractivity contribution in [2.45, 2.75) is 13.0 Å². The molecule has 1 aromatic rings. The summed E-state index contributed by atoms with van der Waals surface area (Å²) in [6.45, 7) is 5.63. The molecule has 0 heterocycles. The summed E-state index contributed by atoms with van der Waals surface area (Å²) in [4.78, 5) is 25.9. The molecule has 0 spiro atoms. The van der Waals surface area contributed by atoms with E-state index in [4.69, 9.17) is 0 Å². The number of nitrogens with one attached hydrogen (secondary N) is 3. The van der Waals surface area contributed by atoms with Gasteiger partial charge in [0.1, 0.15) is 6.04 Å². The minimum Gasteiger partial charge on any atom is -0.352 e. The Hall–Kier alpha value is -1.83. The molecule has 7 nitrogen and oxygen atoms in total. The van der Waals surface area contributed by atoms with Crippen molar-refractivity contribution in [2.24, 2.45) is 11.1 Å². The number of nitroso groups, excluding NO2 is 1. The van der Waals surface area contributed by atoms with E-state index >= 15 is 0 Å². The predicted molar refractivity (Wildman–Crippen MR) is 102 cm³/mol. The van der Waals surface area contributed by atoms with Gasteiger partial charge in [0.15, 0.2) is 0 Å². The molecular weight excluding hydrogens is 318 g/mol. The van der Waals surface area contributed by atoms with E-state index in [1.807, 2.05) is 34.1 Å². The molecule has 3 N–H and O–H groups in total. The zero-order valence-corrected chi connectivity index (χ0v) is 15.7. The van der Waals surface area contributed by atoms with Crippen LogP contribution in [0.25, 0.3) is 0 Å². The zero-order chi connectivity index (χ0) is 18.7. The SMILES string of the molecule is CCNC(=O)c1cccc(C(N=O)C(CNC)CN(C)CCNC)c1. The lowest BCUT2D eigenvalue weighted by molar-refractivity contribution is 0.0955. The van der Waals surface area contributed by atoms with Gasteiger partial charge in [-0.3, -0.25) is 4.79 Å². The quantitative estimate of drug-likeness (QED) is 0.494. The van der Waals surface area contributed by atoms with Crippen LogP contribution in [0, 0.1) is 10.8 Å². The van der Waals surface area contributed by atoms with Crippen molar-refractivity contribution >= 4 is 5.91 Å². The summed E-state index contributed by atoms with van der Waals surface area (Å²) < 4.78 is 0. The van der Waals surface area contributed by atoms with E-state index in [0.29, 0.717) is 18.7 Å². The summed E-state index contributed by atoms with van der Waals surface area (Å²) in [5.74, 6) is -0.112. The third-order valence-electron chi connectivity index (χ3n) is 4.14. The average molecular weight is 349 g/mol. The number of carbonyl (C=O) groups excluding carboxylic acids is 1. The lowest BCUT2D eigenvalue weighted by atomic mass is 9.92. The third kappa shape index (κ3) is 6.89. The van der Waals surface area contributed by atoms with E-state index in [0.717, 1.165) is 25.2 Å². The number of hydrogen-bond acceptors (Lipinski definition) is 6. The van der Waals surface area contributed by atoms with E-state index in [9.17, 15) is 9.70 Å². The monoisotopic (exact) mass is 349 g/mol. The van der Waals surface area contributed by atoms with Crippen LogP contribution in [0.1, 0.15) is 28.9 Å². The highest BCUT2D eigenvalue weighted by Crippen LogP contribution is 2.27. The first-order valence-corrected chi connectivity index (χ1v) is 8.75. The van der Waals surface area contributed by atoms with E-state index in [1.54, 1.807) is 18.2 Å². The first-order valence-electron chi connectivity index (χ1n) is 8.75.